The molecule has 1 aromatic rings. The minimum absolute atomic E-state index is 0.00396. The molecule has 0 aliphatic carbocycles. The van der Waals surface area contributed by atoms with Gasteiger partial charge in [0.05, 0.1) is 18.2 Å². The van der Waals surface area contributed by atoms with Crippen LogP contribution in [0.3, 0.4) is 0 Å². The lowest BCUT2D eigenvalue weighted by Gasteiger charge is -2.23. The molecule has 1 aliphatic heterocycles. The zero-order chi connectivity index (χ0) is 15.4. The third-order valence-electron chi connectivity index (χ3n) is 3.50. The van der Waals surface area contributed by atoms with E-state index in [0.717, 1.165) is 4.90 Å². The van der Waals surface area contributed by atoms with Gasteiger partial charge in [-0.25, -0.2) is 4.79 Å². The first-order valence-electron chi connectivity index (χ1n) is 6.77. The smallest absolute Gasteiger partial charge is 0.329 e. The molecule has 2 rings (SSSR count). The van der Waals surface area contributed by atoms with E-state index in [1.165, 1.54) is 7.11 Å². The van der Waals surface area contributed by atoms with Crippen molar-refractivity contribution in [1.29, 1.82) is 0 Å². The lowest BCUT2D eigenvalue weighted by Crippen LogP contribution is -2.45. The molecule has 0 unspecified atom stereocenters. The summed E-state index contributed by atoms with van der Waals surface area (Å²) < 4.78 is 4.70. The van der Waals surface area contributed by atoms with Crippen LogP contribution in [-0.4, -0.2) is 47.5 Å². The first-order chi connectivity index (χ1) is 10.1. The van der Waals surface area contributed by atoms with Crippen LogP contribution in [0.1, 0.15) is 40.0 Å². The molecule has 1 aliphatic rings. The van der Waals surface area contributed by atoms with Crippen LogP contribution in [-0.2, 0) is 9.53 Å². The second-order valence-corrected chi connectivity index (χ2v) is 4.78. The summed E-state index contributed by atoms with van der Waals surface area (Å²) in [6.45, 7) is -0.00396. The molecule has 1 N–H and O–H groups in total. The topological polar surface area (TPSA) is 83.9 Å². The molecule has 1 aromatic carbocycles. The Labute approximate surface area is 122 Å². The Kier molecular flexibility index (Phi) is 4.70. The van der Waals surface area contributed by atoms with E-state index < -0.39 is 23.8 Å². The van der Waals surface area contributed by atoms with Gasteiger partial charge in [-0.15, -0.1) is 0 Å². The van der Waals surface area contributed by atoms with Gasteiger partial charge < -0.3 is 9.84 Å². The quantitative estimate of drug-likeness (QED) is 0.480. The average molecular weight is 291 g/mol. The number of nitrogens with zero attached hydrogens (tertiary/aromatic N) is 1. The van der Waals surface area contributed by atoms with Crippen LogP contribution in [0, 0.1) is 0 Å². The summed E-state index contributed by atoms with van der Waals surface area (Å²) in [4.78, 5) is 37.6. The van der Waals surface area contributed by atoms with Crippen LogP contribution < -0.4 is 0 Å². The molecule has 1 atom stereocenters. The Morgan fingerprint density at radius 1 is 1.19 bits per heavy atom. The number of methoxy groups -OCH3 is 1. The van der Waals surface area contributed by atoms with Crippen molar-refractivity contribution in [2.75, 3.05) is 13.7 Å². The van der Waals surface area contributed by atoms with E-state index in [4.69, 9.17) is 9.84 Å². The number of imide groups is 1. The molecule has 0 spiro atoms. The van der Waals surface area contributed by atoms with E-state index in [9.17, 15) is 14.4 Å². The second kappa shape index (κ2) is 6.49. The highest BCUT2D eigenvalue weighted by Crippen LogP contribution is 2.26. The summed E-state index contributed by atoms with van der Waals surface area (Å²) in [6.07, 6.45) is 1.29. The fraction of sp³-hybridized carbons (Fsp3) is 0.400. The van der Waals surface area contributed by atoms with E-state index in [1.807, 2.05) is 0 Å². The number of amides is 2. The van der Waals surface area contributed by atoms with Crippen molar-refractivity contribution in [3.63, 3.8) is 0 Å². The molecule has 21 heavy (non-hydrogen) atoms. The minimum atomic E-state index is -0.950. The second-order valence-electron chi connectivity index (χ2n) is 4.78. The van der Waals surface area contributed by atoms with Crippen molar-refractivity contribution >= 4 is 17.8 Å². The van der Waals surface area contributed by atoms with Gasteiger partial charge in [-0.2, -0.15) is 0 Å². The van der Waals surface area contributed by atoms with E-state index >= 15 is 0 Å². The Bertz CT molecular complexity index is 534. The summed E-state index contributed by atoms with van der Waals surface area (Å²) in [5.74, 6) is -1.58. The predicted octanol–water partition coefficient (Wildman–Crippen LogP) is 0.987. The van der Waals surface area contributed by atoms with Gasteiger partial charge in [-0.05, 0) is 31.4 Å². The number of hydrogen-bond acceptors (Lipinski definition) is 5. The van der Waals surface area contributed by atoms with Crippen LogP contribution in [0.15, 0.2) is 24.3 Å². The third-order valence-corrected chi connectivity index (χ3v) is 3.50. The number of carbonyl (C=O) groups is 3. The highest BCUT2D eigenvalue weighted by atomic mass is 16.5. The van der Waals surface area contributed by atoms with Gasteiger partial charge in [-0.3, -0.25) is 14.5 Å². The fourth-order valence-corrected chi connectivity index (χ4v) is 2.43. The fourth-order valence-electron chi connectivity index (χ4n) is 2.43. The first kappa shape index (κ1) is 15.2. The minimum Gasteiger partial charge on any atom is -0.467 e. The maximum absolute atomic E-state index is 12.3. The first-order valence-corrected chi connectivity index (χ1v) is 6.77. The number of carbonyl (C=O) groups excluding carboxylic acids is 3. The molecular weight excluding hydrogens is 274 g/mol. The molecule has 0 bridgehead atoms. The molecule has 0 aromatic heterocycles. The predicted molar refractivity (Wildman–Crippen MR) is 73.7 cm³/mol. The van der Waals surface area contributed by atoms with Gasteiger partial charge in [-0.1, -0.05) is 12.1 Å². The van der Waals surface area contributed by atoms with Crippen molar-refractivity contribution in [3.05, 3.63) is 35.4 Å². The molecule has 1 heterocycles. The number of fused-ring (bicyclic) bond motifs is 1. The maximum atomic E-state index is 12.3. The van der Waals surface area contributed by atoms with Crippen molar-refractivity contribution in [1.82, 2.24) is 4.90 Å². The summed E-state index contributed by atoms with van der Waals surface area (Å²) in [6, 6.07) is 5.53. The van der Waals surface area contributed by atoms with Crippen molar-refractivity contribution in [3.8, 4) is 0 Å². The Morgan fingerprint density at radius 3 is 2.24 bits per heavy atom. The number of esters is 1. The largest absolute Gasteiger partial charge is 0.467 e. The monoisotopic (exact) mass is 291 g/mol. The van der Waals surface area contributed by atoms with Gasteiger partial charge in [0.25, 0.3) is 11.8 Å². The number of ether oxygens (including phenoxy) is 1. The number of rotatable bonds is 6. The van der Waals surface area contributed by atoms with Crippen LogP contribution >= 0.6 is 0 Å². The zero-order valence-corrected chi connectivity index (χ0v) is 11.7. The molecule has 0 fully saturated rings. The number of unbranched alkanes of at least 4 members (excludes halogenated alkanes) is 1. The normalized spacial score (nSPS) is 15.0. The van der Waals surface area contributed by atoms with E-state index in [1.54, 1.807) is 24.3 Å². The lowest BCUT2D eigenvalue weighted by molar-refractivity contribution is -0.145. The molecular formula is C15H17NO5. The lowest BCUT2D eigenvalue weighted by atomic mass is 10.1. The zero-order valence-electron chi connectivity index (χ0n) is 11.7. The van der Waals surface area contributed by atoms with Crippen LogP contribution in [0.2, 0.25) is 0 Å². The van der Waals surface area contributed by atoms with Crippen molar-refractivity contribution < 1.29 is 24.2 Å². The van der Waals surface area contributed by atoms with Gasteiger partial charge in [0.1, 0.15) is 6.04 Å². The third kappa shape index (κ3) is 2.80. The summed E-state index contributed by atoms with van der Waals surface area (Å²) in [5, 5.41) is 8.82. The van der Waals surface area contributed by atoms with Gasteiger partial charge >= 0.3 is 5.97 Å². The van der Waals surface area contributed by atoms with Gasteiger partial charge in [0, 0.05) is 6.61 Å². The van der Waals surface area contributed by atoms with Crippen LogP contribution in [0.5, 0.6) is 0 Å². The molecule has 6 nitrogen and oxygen atoms in total. The molecule has 112 valence electrons. The summed E-state index contributed by atoms with van der Waals surface area (Å²) in [5.41, 5.74) is 0.608. The average Bonchev–Trinajstić information content (AvgIpc) is 2.76. The molecule has 0 saturated heterocycles. The van der Waals surface area contributed by atoms with E-state index in [-0.39, 0.29) is 13.0 Å². The van der Waals surface area contributed by atoms with Gasteiger partial charge in [0.2, 0.25) is 0 Å². The number of aliphatic hydroxyl groups is 1. The Hall–Kier alpha value is -2.21. The highest BCUT2D eigenvalue weighted by Gasteiger charge is 2.42. The molecule has 2 amide bonds. The molecule has 6 heteroatoms. The highest BCUT2D eigenvalue weighted by molar-refractivity contribution is 6.22. The van der Waals surface area contributed by atoms with E-state index in [2.05, 4.69) is 0 Å². The number of aliphatic hydroxyl groups excluding tert-OH is 1. The number of hydrogen-bond donors (Lipinski definition) is 1. The molecule has 0 radical (unpaired) electrons. The summed E-state index contributed by atoms with van der Waals surface area (Å²) >= 11 is 0. The van der Waals surface area contributed by atoms with E-state index in [0.29, 0.717) is 24.0 Å². The standard InChI is InChI=1S/C15H17NO5/c1-21-15(20)12(8-4-5-9-17)16-13(18)10-6-2-3-7-11(10)14(16)19/h2-3,6-7,12,17H,4-5,8-9H2,1H3/t12-/m0/s1. The van der Waals surface area contributed by atoms with Crippen molar-refractivity contribution in [2.45, 2.75) is 25.3 Å². The SMILES string of the molecule is COC(=O)[C@H](CCCCO)N1C(=O)c2ccccc2C1=O. The summed E-state index contributed by atoms with van der Waals surface area (Å²) in [7, 11) is 1.22. The number of benzene rings is 1. The Morgan fingerprint density at radius 2 is 1.76 bits per heavy atom. The van der Waals surface area contributed by atoms with Crippen LogP contribution in [0.25, 0.3) is 0 Å². The van der Waals surface area contributed by atoms with Crippen LogP contribution in [0.4, 0.5) is 0 Å². The van der Waals surface area contributed by atoms with Gasteiger partial charge in [0.15, 0.2) is 0 Å². The maximum Gasteiger partial charge on any atom is 0.329 e. The molecule has 0 saturated carbocycles. The van der Waals surface area contributed by atoms with Crippen molar-refractivity contribution in [2.24, 2.45) is 0 Å². The Balaban J connectivity index is 2.27.